The number of aromatic nitrogens is 2. The molecule has 2 N–H and O–H groups in total. The number of nitrogens with zero attached hydrogens (tertiary/aromatic N) is 2. The smallest absolute Gasteiger partial charge is 0.224 e. The molecule has 1 atom stereocenters. The summed E-state index contributed by atoms with van der Waals surface area (Å²) >= 11 is 0. The Kier molecular flexibility index (Phi) is 5.02. The van der Waals surface area contributed by atoms with Gasteiger partial charge in [0, 0.05) is 24.3 Å². The van der Waals surface area contributed by atoms with E-state index in [1.165, 1.54) is 6.42 Å². The standard InChI is InChI=1S/C12H22N4/c1-5-7-9(3)14-11-8-10(4)15-12(16-11)13-6-2/h8-9H,5-7H2,1-4H3,(H2,13,14,15,16). The fraction of sp³-hybridized carbons (Fsp3) is 0.667. The quantitative estimate of drug-likeness (QED) is 0.777. The second-order valence-corrected chi connectivity index (χ2v) is 4.08. The molecule has 0 bridgehead atoms. The summed E-state index contributed by atoms with van der Waals surface area (Å²) in [4.78, 5) is 8.73. The van der Waals surface area contributed by atoms with Crippen molar-refractivity contribution in [3.8, 4) is 0 Å². The van der Waals surface area contributed by atoms with Gasteiger partial charge in [-0.25, -0.2) is 4.98 Å². The lowest BCUT2D eigenvalue weighted by Gasteiger charge is -2.14. The van der Waals surface area contributed by atoms with Crippen LogP contribution in [0.4, 0.5) is 11.8 Å². The second-order valence-electron chi connectivity index (χ2n) is 4.08. The van der Waals surface area contributed by atoms with Crippen LogP contribution in [0, 0.1) is 6.92 Å². The molecule has 0 saturated carbocycles. The Morgan fingerprint density at radius 2 is 2.06 bits per heavy atom. The van der Waals surface area contributed by atoms with Gasteiger partial charge in [-0.1, -0.05) is 13.3 Å². The van der Waals surface area contributed by atoms with E-state index in [4.69, 9.17) is 0 Å². The SMILES string of the molecule is CCCC(C)Nc1cc(C)nc(NCC)n1. The maximum Gasteiger partial charge on any atom is 0.224 e. The number of aryl methyl sites for hydroxylation is 1. The monoisotopic (exact) mass is 222 g/mol. The minimum Gasteiger partial charge on any atom is -0.367 e. The van der Waals surface area contributed by atoms with Crippen molar-refractivity contribution in [1.29, 1.82) is 0 Å². The first-order valence-electron chi connectivity index (χ1n) is 6.01. The van der Waals surface area contributed by atoms with Crippen LogP contribution in [-0.2, 0) is 0 Å². The predicted octanol–water partition coefficient (Wildman–Crippen LogP) is 2.82. The van der Waals surface area contributed by atoms with Crippen LogP contribution in [0.15, 0.2) is 6.07 Å². The zero-order chi connectivity index (χ0) is 12.0. The normalized spacial score (nSPS) is 12.2. The molecule has 0 aliphatic carbocycles. The summed E-state index contributed by atoms with van der Waals surface area (Å²) in [5.74, 6) is 1.61. The zero-order valence-corrected chi connectivity index (χ0v) is 10.7. The van der Waals surface area contributed by atoms with Crippen molar-refractivity contribution in [1.82, 2.24) is 9.97 Å². The highest BCUT2D eigenvalue weighted by Gasteiger charge is 2.04. The first kappa shape index (κ1) is 12.7. The molecule has 16 heavy (non-hydrogen) atoms. The Hall–Kier alpha value is -1.32. The van der Waals surface area contributed by atoms with E-state index in [2.05, 4.69) is 34.4 Å². The highest BCUT2D eigenvalue weighted by molar-refractivity contribution is 5.42. The molecular weight excluding hydrogens is 200 g/mol. The van der Waals surface area contributed by atoms with Gasteiger partial charge in [-0.15, -0.1) is 0 Å². The van der Waals surface area contributed by atoms with E-state index in [9.17, 15) is 0 Å². The van der Waals surface area contributed by atoms with Crippen LogP contribution < -0.4 is 10.6 Å². The molecule has 1 heterocycles. The van der Waals surface area contributed by atoms with Gasteiger partial charge in [-0.3, -0.25) is 0 Å². The lowest BCUT2D eigenvalue weighted by molar-refractivity contribution is 0.687. The molecule has 4 nitrogen and oxygen atoms in total. The van der Waals surface area contributed by atoms with E-state index < -0.39 is 0 Å². The first-order valence-corrected chi connectivity index (χ1v) is 6.01. The van der Waals surface area contributed by atoms with Gasteiger partial charge in [-0.05, 0) is 27.2 Å². The van der Waals surface area contributed by atoms with Gasteiger partial charge >= 0.3 is 0 Å². The predicted molar refractivity (Wildman–Crippen MR) is 68.9 cm³/mol. The van der Waals surface area contributed by atoms with Crippen molar-refractivity contribution in [2.24, 2.45) is 0 Å². The molecule has 0 radical (unpaired) electrons. The Labute approximate surface area is 97.9 Å². The molecule has 90 valence electrons. The summed E-state index contributed by atoms with van der Waals surface area (Å²) in [6, 6.07) is 2.43. The van der Waals surface area contributed by atoms with Crippen molar-refractivity contribution in [2.45, 2.75) is 46.6 Å². The maximum atomic E-state index is 4.41. The summed E-state index contributed by atoms with van der Waals surface area (Å²) in [5, 5.41) is 6.52. The fourth-order valence-corrected chi connectivity index (χ4v) is 1.64. The van der Waals surface area contributed by atoms with Gasteiger partial charge in [-0.2, -0.15) is 4.98 Å². The van der Waals surface area contributed by atoms with Gasteiger partial charge in [0.05, 0.1) is 0 Å². The molecule has 1 unspecified atom stereocenters. The molecule has 0 aromatic carbocycles. The summed E-state index contributed by atoms with van der Waals surface area (Å²) in [6.45, 7) is 9.23. The molecule has 0 amide bonds. The van der Waals surface area contributed by atoms with Gasteiger partial charge in [0.25, 0.3) is 0 Å². The number of rotatable bonds is 6. The minimum absolute atomic E-state index is 0.453. The number of hydrogen-bond acceptors (Lipinski definition) is 4. The van der Waals surface area contributed by atoms with Crippen molar-refractivity contribution < 1.29 is 0 Å². The minimum atomic E-state index is 0.453. The van der Waals surface area contributed by atoms with E-state index in [-0.39, 0.29) is 0 Å². The summed E-state index contributed by atoms with van der Waals surface area (Å²) in [5.41, 5.74) is 0.983. The van der Waals surface area contributed by atoms with Crippen molar-refractivity contribution in [3.05, 3.63) is 11.8 Å². The van der Waals surface area contributed by atoms with Crippen LogP contribution in [0.5, 0.6) is 0 Å². The lowest BCUT2D eigenvalue weighted by Crippen LogP contribution is -2.16. The molecule has 4 heteroatoms. The molecular formula is C12H22N4. The third-order valence-electron chi connectivity index (χ3n) is 2.31. The highest BCUT2D eigenvalue weighted by Crippen LogP contribution is 2.12. The average molecular weight is 222 g/mol. The molecule has 0 aliphatic heterocycles. The molecule has 1 aromatic rings. The molecule has 1 rings (SSSR count). The second kappa shape index (κ2) is 6.30. The van der Waals surface area contributed by atoms with Crippen LogP contribution >= 0.6 is 0 Å². The van der Waals surface area contributed by atoms with E-state index in [0.717, 1.165) is 24.5 Å². The maximum absolute atomic E-state index is 4.41. The molecule has 0 saturated heterocycles. The summed E-state index contributed by atoms with van der Waals surface area (Å²) in [6.07, 6.45) is 2.33. The molecule has 0 aliphatic rings. The van der Waals surface area contributed by atoms with Gasteiger partial charge < -0.3 is 10.6 Å². The van der Waals surface area contributed by atoms with E-state index >= 15 is 0 Å². The summed E-state index contributed by atoms with van der Waals surface area (Å²) in [7, 11) is 0. The number of hydrogen-bond donors (Lipinski definition) is 2. The largest absolute Gasteiger partial charge is 0.367 e. The van der Waals surface area contributed by atoms with Crippen molar-refractivity contribution in [2.75, 3.05) is 17.2 Å². The summed E-state index contributed by atoms with van der Waals surface area (Å²) < 4.78 is 0. The third-order valence-corrected chi connectivity index (χ3v) is 2.31. The van der Waals surface area contributed by atoms with E-state index in [0.29, 0.717) is 12.0 Å². The van der Waals surface area contributed by atoms with Gasteiger partial charge in [0.15, 0.2) is 0 Å². The van der Waals surface area contributed by atoms with E-state index in [1.54, 1.807) is 0 Å². The molecule has 1 aromatic heterocycles. The number of nitrogens with one attached hydrogen (secondary N) is 2. The Balaban J connectivity index is 2.71. The van der Waals surface area contributed by atoms with Crippen molar-refractivity contribution in [3.63, 3.8) is 0 Å². The Bertz CT molecular complexity index is 325. The highest BCUT2D eigenvalue weighted by atomic mass is 15.1. The van der Waals surface area contributed by atoms with Crippen LogP contribution in [0.1, 0.15) is 39.3 Å². The van der Waals surface area contributed by atoms with Gasteiger partial charge in [0.1, 0.15) is 5.82 Å². The topological polar surface area (TPSA) is 49.8 Å². The number of anilines is 2. The average Bonchev–Trinajstić information content (AvgIpc) is 2.17. The fourth-order valence-electron chi connectivity index (χ4n) is 1.64. The zero-order valence-electron chi connectivity index (χ0n) is 10.7. The van der Waals surface area contributed by atoms with Crippen LogP contribution in [0.2, 0.25) is 0 Å². The Morgan fingerprint density at radius 1 is 1.31 bits per heavy atom. The third kappa shape index (κ3) is 4.04. The van der Waals surface area contributed by atoms with Crippen molar-refractivity contribution >= 4 is 11.8 Å². The van der Waals surface area contributed by atoms with Crippen LogP contribution in [0.3, 0.4) is 0 Å². The van der Waals surface area contributed by atoms with Crippen LogP contribution in [0.25, 0.3) is 0 Å². The van der Waals surface area contributed by atoms with Crippen LogP contribution in [-0.4, -0.2) is 22.6 Å². The van der Waals surface area contributed by atoms with E-state index in [1.807, 2.05) is 19.9 Å². The molecule has 0 fully saturated rings. The van der Waals surface area contributed by atoms with Gasteiger partial charge in [0.2, 0.25) is 5.95 Å². The lowest BCUT2D eigenvalue weighted by atomic mass is 10.2. The first-order chi connectivity index (χ1) is 7.65. The molecule has 0 spiro atoms. The Morgan fingerprint density at radius 3 is 2.69 bits per heavy atom.